The third-order valence-electron chi connectivity index (χ3n) is 2.01. The van der Waals surface area contributed by atoms with Gasteiger partial charge < -0.3 is 5.32 Å². The van der Waals surface area contributed by atoms with E-state index >= 15 is 0 Å². The summed E-state index contributed by atoms with van der Waals surface area (Å²) < 4.78 is 0. The molecule has 0 saturated heterocycles. The first-order chi connectivity index (χ1) is 7.04. The summed E-state index contributed by atoms with van der Waals surface area (Å²) in [6.07, 6.45) is 0. The predicted molar refractivity (Wildman–Crippen MR) is 56.3 cm³/mol. The van der Waals surface area contributed by atoms with E-state index in [4.69, 9.17) is 5.26 Å². The molecule has 0 aromatic carbocycles. The number of carbonyl (C=O) groups is 1. The number of rotatable bonds is 2. The first-order valence-electron chi connectivity index (χ1n) is 4.69. The van der Waals surface area contributed by atoms with Gasteiger partial charge in [-0.15, -0.1) is 0 Å². The van der Waals surface area contributed by atoms with Gasteiger partial charge in [0, 0.05) is 5.69 Å². The Kier molecular flexibility index (Phi) is 3.40. The normalized spacial score (nSPS) is 11.6. The van der Waals surface area contributed by atoms with Gasteiger partial charge in [-0.05, 0) is 32.9 Å². The summed E-state index contributed by atoms with van der Waals surface area (Å²) in [6, 6.07) is 4.95. The molecule has 1 aromatic heterocycles. The molecule has 0 bridgehead atoms. The minimum Gasteiger partial charge on any atom is -0.336 e. The largest absolute Gasteiger partial charge is 0.336 e. The summed E-state index contributed by atoms with van der Waals surface area (Å²) in [6.45, 7) is 5.28. The van der Waals surface area contributed by atoms with Crippen LogP contribution in [0.5, 0.6) is 0 Å². The molecule has 0 aliphatic rings. The molecule has 1 rings (SSSR count). The van der Waals surface area contributed by atoms with Crippen LogP contribution >= 0.6 is 0 Å². The van der Waals surface area contributed by atoms with Crippen molar-refractivity contribution in [2.45, 2.75) is 26.8 Å². The lowest BCUT2D eigenvalue weighted by Crippen LogP contribution is -2.31. The van der Waals surface area contributed by atoms with Crippen LogP contribution in [-0.4, -0.2) is 16.9 Å². The number of pyridine rings is 1. The quantitative estimate of drug-likeness (QED) is 0.788. The van der Waals surface area contributed by atoms with Crippen LogP contribution in [0.1, 0.15) is 28.7 Å². The zero-order valence-electron chi connectivity index (χ0n) is 9.03. The van der Waals surface area contributed by atoms with Gasteiger partial charge in [0.2, 0.25) is 0 Å². The van der Waals surface area contributed by atoms with Crippen LogP contribution < -0.4 is 5.32 Å². The summed E-state index contributed by atoms with van der Waals surface area (Å²) in [4.78, 5) is 15.8. The Labute approximate surface area is 88.9 Å². The molecule has 4 nitrogen and oxygen atoms in total. The van der Waals surface area contributed by atoms with Gasteiger partial charge in [-0.25, -0.2) is 0 Å². The zero-order chi connectivity index (χ0) is 11.4. The minimum absolute atomic E-state index is 0.256. The molecule has 1 heterocycles. The highest BCUT2D eigenvalue weighted by Gasteiger charge is 2.11. The van der Waals surface area contributed by atoms with Crippen molar-refractivity contribution in [3.05, 3.63) is 29.1 Å². The van der Waals surface area contributed by atoms with Crippen LogP contribution in [0.15, 0.2) is 12.1 Å². The molecule has 4 heteroatoms. The van der Waals surface area contributed by atoms with Gasteiger partial charge in [-0.3, -0.25) is 9.78 Å². The highest BCUT2D eigenvalue weighted by molar-refractivity contribution is 5.95. The highest BCUT2D eigenvalue weighted by Crippen LogP contribution is 2.06. The van der Waals surface area contributed by atoms with Gasteiger partial charge in [0.05, 0.1) is 17.3 Å². The van der Waals surface area contributed by atoms with Crippen LogP contribution in [-0.2, 0) is 0 Å². The molecule has 0 saturated carbocycles. The Hall–Kier alpha value is -1.89. The fourth-order valence-corrected chi connectivity index (χ4v) is 1.23. The maximum Gasteiger partial charge on any atom is 0.254 e. The van der Waals surface area contributed by atoms with E-state index < -0.39 is 6.04 Å². The second kappa shape index (κ2) is 4.56. The monoisotopic (exact) mass is 203 g/mol. The van der Waals surface area contributed by atoms with Gasteiger partial charge in [0.25, 0.3) is 5.91 Å². The average molecular weight is 203 g/mol. The van der Waals surface area contributed by atoms with E-state index in [-0.39, 0.29) is 5.91 Å². The lowest BCUT2D eigenvalue weighted by Gasteiger charge is -2.08. The Bertz CT molecular complexity index is 420. The molecule has 15 heavy (non-hydrogen) atoms. The number of nitrogens with zero attached hydrogens (tertiary/aromatic N) is 2. The number of nitrogens with one attached hydrogen (secondary N) is 1. The molecule has 0 aliphatic carbocycles. The molecule has 1 amide bonds. The van der Waals surface area contributed by atoms with Crippen molar-refractivity contribution in [1.82, 2.24) is 10.3 Å². The fourth-order valence-electron chi connectivity index (χ4n) is 1.23. The van der Waals surface area contributed by atoms with Crippen LogP contribution in [0.25, 0.3) is 0 Å². The third-order valence-corrected chi connectivity index (χ3v) is 2.01. The molecule has 0 aliphatic heterocycles. The SMILES string of the molecule is Cc1ccc(C(=O)NC(C)C#N)c(C)n1. The molecule has 0 radical (unpaired) electrons. The third kappa shape index (κ3) is 2.78. The number of aromatic nitrogens is 1. The summed E-state index contributed by atoms with van der Waals surface area (Å²) >= 11 is 0. The number of hydrogen-bond acceptors (Lipinski definition) is 3. The molecule has 0 spiro atoms. The van der Waals surface area contributed by atoms with Crippen molar-refractivity contribution < 1.29 is 4.79 Å². The maximum absolute atomic E-state index is 11.6. The molecule has 1 unspecified atom stereocenters. The van der Waals surface area contributed by atoms with Crippen LogP contribution in [0.2, 0.25) is 0 Å². The van der Waals surface area contributed by atoms with E-state index in [9.17, 15) is 4.79 Å². The lowest BCUT2D eigenvalue weighted by atomic mass is 10.1. The number of carbonyl (C=O) groups excluding carboxylic acids is 1. The smallest absolute Gasteiger partial charge is 0.254 e. The molecule has 0 fully saturated rings. The summed E-state index contributed by atoms with van der Waals surface area (Å²) in [5.41, 5.74) is 2.07. The second-order valence-electron chi connectivity index (χ2n) is 3.41. The predicted octanol–water partition coefficient (Wildman–Crippen LogP) is 1.34. The first kappa shape index (κ1) is 11.2. The number of aryl methyl sites for hydroxylation is 2. The molecular weight excluding hydrogens is 190 g/mol. The topological polar surface area (TPSA) is 65.8 Å². The number of hydrogen-bond donors (Lipinski definition) is 1. The van der Waals surface area contributed by atoms with Crippen LogP contribution in [0, 0.1) is 25.2 Å². The van der Waals surface area contributed by atoms with Gasteiger partial charge >= 0.3 is 0 Å². The number of nitriles is 1. The fraction of sp³-hybridized carbons (Fsp3) is 0.364. The Balaban J connectivity index is 2.88. The summed E-state index contributed by atoms with van der Waals surface area (Å²) in [7, 11) is 0. The highest BCUT2D eigenvalue weighted by atomic mass is 16.1. The van der Waals surface area contributed by atoms with Crippen molar-refractivity contribution in [3.63, 3.8) is 0 Å². The van der Waals surface area contributed by atoms with E-state index in [0.717, 1.165) is 5.69 Å². The van der Waals surface area contributed by atoms with Crippen molar-refractivity contribution in [2.24, 2.45) is 0 Å². The second-order valence-corrected chi connectivity index (χ2v) is 3.41. The lowest BCUT2D eigenvalue weighted by molar-refractivity contribution is 0.0947. The molecule has 1 atom stereocenters. The Morgan fingerprint density at radius 3 is 2.73 bits per heavy atom. The van der Waals surface area contributed by atoms with Gasteiger partial charge in [0.15, 0.2) is 0 Å². The molecule has 1 N–H and O–H groups in total. The zero-order valence-corrected chi connectivity index (χ0v) is 9.03. The summed E-state index contributed by atoms with van der Waals surface area (Å²) in [5, 5.41) is 11.1. The minimum atomic E-state index is -0.488. The number of amides is 1. The van der Waals surface area contributed by atoms with Gasteiger partial charge in [-0.1, -0.05) is 0 Å². The van der Waals surface area contributed by atoms with Gasteiger partial charge in [0.1, 0.15) is 6.04 Å². The molecular formula is C11H13N3O. The first-order valence-corrected chi connectivity index (χ1v) is 4.69. The van der Waals surface area contributed by atoms with E-state index in [1.54, 1.807) is 26.0 Å². The van der Waals surface area contributed by atoms with Crippen molar-refractivity contribution in [3.8, 4) is 6.07 Å². The van der Waals surface area contributed by atoms with Crippen LogP contribution in [0.3, 0.4) is 0 Å². The van der Waals surface area contributed by atoms with Crippen molar-refractivity contribution in [1.29, 1.82) is 5.26 Å². The van der Waals surface area contributed by atoms with E-state index in [1.165, 1.54) is 0 Å². The molecule has 1 aromatic rings. The van der Waals surface area contributed by atoms with E-state index in [0.29, 0.717) is 11.3 Å². The molecule has 78 valence electrons. The standard InChI is InChI=1S/C11H13N3O/c1-7-4-5-10(9(3)13-7)11(15)14-8(2)6-12/h4-5,8H,1-3H3,(H,14,15). The van der Waals surface area contributed by atoms with Gasteiger partial charge in [-0.2, -0.15) is 5.26 Å². The average Bonchev–Trinajstić information content (AvgIpc) is 2.17. The van der Waals surface area contributed by atoms with Crippen molar-refractivity contribution >= 4 is 5.91 Å². The maximum atomic E-state index is 11.6. The Morgan fingerprint density at radius 2 is 2.20 bits per heavy atom. The van der Waals surface area contributed by atoms with E-state index in [2.05, 4.69) is 10.3 Å². The van der Waals surface area contributed by atoms with E-state index in [1.807, 2.05) is 13.0 Å². The Morgan fingerprint density at radius 1 is 1.53 bits per heavy atom. The van der Waals surface area contributed by atoms with Crippen LogP contribution in [0.4, 0.5) is 0 Å². The van der Waals surface area contributed by atoms with Crippen molar-refractivity contribution in [2.75, 3.05) is 0 Å². The summed E-state index contributed by atoms with van der Waals surface area (Å²) in [5.74, 6) is -0.256.